The third kappa shape index (κ3) is 4.29. The van der Waals surface area contributed by atoms with E-state index in [0.29, 0.717) is 35.9 Å². The van der Waals surface area contributed by atoms with E-state index in [1.807, 2.05) is 53.4 Å². The van der Waals surface area contributed by atoms with Gasteiger partial charge in [0.05, 0.1) is 5.69 Å². The van der Waals surface area contributed by atoms with E-state index in [-0.39, 0.29) is 11.6 Å². The lowest BCUT2D eigenvalue weighted by Crippen LogP contribution is -2.30. The largest absolute Gasteiger partial charge is 0.421 e. The topological polar surface area (TPSA) is 110 Å². The molecule has 1 saturated carbocycles. The number of carbonyl (C=O) groups is 1. The minimum Gasteiger partial charge on any atom is -0.421 e. The predicted octanol–water partition coefficient (Wildman–Crippen LogP) is 3.39. The Morgan fingerprint density at radius 3 is 2.34 bits per heavy atom. The molecule has 2 fully saturated rings. The van der Waals surface area contributed by atoms with Crippen molar-refractivity contribution >= 4 is 5.91 Å². The van der Waals surface area contributed by atoms with Crippen LogP contribution in [0.3, 0.4) is 0 Å². The summed E-state index contributed by atoms with van der Waals surface area (Å²) in [5.41, 5.74) is 3.46. The van der Waals surface area contributed by atoms with Crippen molar-refractivity contribution in [3.8, 4) is 28.3 Å². The number of H-pyrrole nitrogens is 1. The number of carbonyl (C=O) groups excluding carboxylic acids is 1. The van der Waals surface area contributed by atoms with E-state index >= 15 is 0 Å². The molecule has 4 aromatic rings. The lowest BCUT2D eigenvalue weighted by atomic mass is 10.0. The SMILES string of the molecule is Cc1nnc(-c2ccc(-c3ccc(-n4c(C[C@@H]5CCN(C(=O)C6CC6)C5)n[nH]c4=O)cc3)cc2)o1. The number of aryl methyl sites for hydroxylation is 1. The number of nitrogens with one attached hydrogen (secondary N) is 1. The molecule has 1 saturated heterocycles. The summed E-state index contributed by atoms with van der Waals surface area (Å²) in [7, 11) is 0. The first-order valence-corrected chi connectivity index (χ1v) is 12.0. The zero-order valence-corrected chi connectivity index (χ0v) is 19.5. The van der Waals surface area contributed by atoms with Gasteiger partial charge in [0.25, 0.3) is 0 Å². The van der Waals surface area contributed by atoms with Gasteiger partial charge in [0, 0.05) is 37.9 Å². The number of hydrogen-bond donors (Lipinski definition) is 1. The third-order valence-electron chi connectivity index (χ3n) is 6.85. The molecule has 0 unspecified atom stereocenters. The van der Waals surface area contributed by atoms with E-state index in [4.69, 9.17) is 4.42 Å². The predicted molar refractivity (Wildman–Crippen MR) is 129 cm³/mol. The Balaban J connectivity index is 1.18. The second kappa shape index (κ2) is 8.65. The van der Waals surface area contributed by atoms with Gasteiger partial charge >= 0.3 is 5.69 Å². The summed E-state index contributed by atoms with van der Waals surface area (Å²) in [6.45, 7) is 3.31. The van der Waals surface area contributed by atoms with Crippen LogP contribution in [-0.4, -0.2) is 48.9 Å². The summed E-state index contributed by atoms with van der Waals surface area (Å²) in [4.78, 5) is 26.9. The van der Waals surface area contributed by atoms with Gasteiger partial charge in [-0.25, -0.2) is 14.5 Å². The Labute approximate surface area is 201 Å². The normalized spacial score (nSPS) is 17.7. The Bertz CT molecular complexity index is 1410. The monoisotopic (exact) mass is 470 g/mol. The molecular weight excluding hydrogens is 444 g/mol. The van der Waals surface area contributed by atoms with Crippen LogP contribution in [0.5, 0.6) is 0 Å². The molecule has 1 amide bonds. The lowest BCUT2D eigenvalue weighted by molar-refractivity contribution is -0.131. The summed E-state index contributed by atoms with van der Waals surface area (Å²) < 4.78 is 7.12. The van der Waals surface area contributed by atoms with Gasteiger partial charge in [-0.05, 0) is 60.6 Å². The molecule has 6 rings (SSSR count). The van der Waals surface area contributed by atoms with Crippen LogP contribution in [0.2, 0.25) is 0 Å². The van der Waals surface area contributed by atoms with Gasteiger partial charge < -0.3 is 9.32 Å². The third-order valence-corrected chi connectivity index (χ3v) is 6.85. The molecule has 1 aliphatic carbocycles. The fraction of sp³-hybridized carbons (Fsp3) is 0.346. The van der Waals surface area contributed by atoms with Crippen LogP contribution in [-0.2, 0) is 11.2 Å². The molecule has 2 aliphatic rings. The molecule has 9 heteroatoms. The molecule has 178 valence electrons. The molecule has 0 bridgehead atoms. The molecule has 0 radical (unpaired) electrons. The highest BCUT2D eigenvalue weighted by molar-refractivity contribution is 5.81. The van der Waals surface area contributed by atoms with Crippen molar-refractivity contribution in [3.05, 3.63) is 70.7 Å². The summed E-state index contributed by atoms with van der Waals surface area (Å²) in [6.07, 6.45) is 3.65. The number of hydrogen-bond acceptors (Lipinski definition) is 6. The van der Waals surface area contributed by atoms with E-state index in [9.17, 15) is 9.59 Å². The Morgan fingerprint density at radius 2 is 1.69 bits per heavy atom. The summed E-state index contributed by atoms with van der Waals surface area (Å²) in [5.74, 6) is 2.58. The van der Waals surface area contributed by atoms with E-state index in [1.54, 1.807) is 11.5 Å². The van der Waals surface area contributed by atoms with Crippen LogP contribution in [0.15, 0.2) is 57.7 Å². The second-order valence-electron chi connectivity index (χ2n) is 9.45. The maximum absolute atomic E-state index is 12.6. The van der Waals surface area contributed by atoms with Gasteiger partial charge in [-0.3, -0.25) is 4.79 Å². The standard InChI is InChI=1S/C26H26N6O3/c1-16-27-29-24(35-16)20-4-2-18(3-5-20)19-8-10-22(11-9-19)32-23(28-30-26(32)34)14-17-12-13-31(15-17)25(33)21-6-7-21/h2-5,8-11,17,21H,6-7,12-15H2,1H3,(H,30,34)/t17-/m0/s1. The Kier molecular flexibility index (Phi) is 5.32. The summed E-state index contributed by atoms with van der Waals surface area (Å²) in [6, 6.07) is 15.8. The van der Waals surface area contributed by atoms with Crippen molar-refractivity contribution in [1.29, 1.82) is 0 Å². The van der Waals surface area contributed by atoms with Gasteiger partial charge in [0.2, 0.25) is 17.7 Å². The van der Waals surface area contributed by atoms with Crippen LogP contribution < -0.4 is 5.69 Å². The van der Waals surface area contributed by atoms with Gasteiger partial charge in [-0.1, -0.05) is 24.3 Å². The van der Waals surface area contributed by atoms with Crippen molar-refractivity contribution < 1.29 is 9.21 Å². The molecule has 3 heterocycles. The number of benzene rings is 2. The first-order chi connectivity index (χ1) is 17.0. The van der Waals surface area contributed by atoms with Crippen LogP contribution in [0.1, 0.15) is 31.0 Å². The van der Waals surface area contributed by atoms with Crippen LogP contribution in [0.4, 0.5) is 0 Å². The molecule has 1 aliphatic heterocycles. The molecule has 1 atom stereocenters. The van der Waals surface area contributed by atoms with Crippen molar-refractivity contribution in [3.63, 3.8) is 0 Å². The quantitative estimate of drug-likeness (QED) is 0.463. The first kappa shape index (κ1) is 21.5. The molecular formula is C26H26N6O3. The number of likely N-dealkylation sites (tertiary alicyclic amines) is 1. The smallest absolute Gasteiger partial charge is 0.347 e. The minimum atomic E-state index is -0.254. The fourth-order valence-corrected chi connectivity index (χ4v) is 4.80. The molecule has 9 nitrogen and oxygen atoms in total. The lowest BCUT2D eigenvalue weighted by Gasteiger charge is -2.16. The van der Waals surface area contributed by atoms with Crippen molar-refractivity contribution in [2.75, 3.05) is 13.1 Å². The van der Waals surface area contributed by atoms with Crippen molar-refractivity contribution in [2.24, 2.45) is 11.8 Å². The highest BCUT2D eigenvalue weighted by atomic mass is 16.4. The average molecular weight is 471 g/mol. The molecule has 2 aromatic carbocycles. The van der Waals surface area contributed by atoms with Gasteiger partial charge in [0.15, 0.2) is 0 Å². The highest BCUT2D eigenvalue weighted by Gasteiger charge is 2.36. The van der Waals surface area contributed by atoms with E-state index in [0.717, 1.165) is 54.7 Å². The molecule has 35 heavy (non-hydrogen) atoms. The number of rotatable bonds is 6. The van der Waals surface area contributed by atoms with E-state index < -0.39 is 0 Å². The number of aromatic nitrogens is 5. The summed E-state index contributed by atoms with van der Waals surface area (Å²) >= 11 is 0. The van der Waals surface area contributed by atoms with Crippen LogP contribution >= 0.6 is 0 Å². The fourth-order valence-electron chi connectivity index (χ4n) is 4.80. The van der Waals surface area contributed by atoms with E-state index in [1.165, 1.54) is 0 Å². The zero-order chi connectivity index (χ0) is 23.9. The number of amides is 1. The molecule has 1 N–H and O–H groups in total. The molecule has 2 aromatic heterocycles. The van der Waals surface area contributed by atoms with Gasteiger partial charge in [0.1, 0.15) is 5.82 Å². The number of aromatic amines is 1. The molecule has 0 spiro atoms. The van der Waals surface area contributed by atoms with Crippen molar-refractivity contribution in [1.82, 2.24) is 29.9 Å². The first-order valence-electron chi connectivity index (χ1n) is 12.0. The van der Waals surface area contributed by atoms with Gasteiger partial charge in [-0.15, -0.1) is 10.2 Å². The minimum absolute atomic E-state index is 0.245. The zero-order valence-electron chi connectivity index (χ0n) is 19.5. The Hall–Kier alpha value is -4.01. The maximum Gasteiger partial charge on any atom is 0.347 e. The Morgan fingerprint density at radius 1 is 1.00 bits per heavy atom. The van der Waals surface area contributed by atoms with E-state index in [2.05, 4.69) is 20.4 Å². The van der Waals surface area contributed by atoms with Crippen LogP contribution in [0.25, 0.3) is 28.3 Å². The van der Waals surface area contributed by atoms with Crippen LogP contribution in [0, 0.1) is 18.8 Å². The maximum atomic E-state index is 12.6. The summed E-state index contributed by atoms with van der Waals surface area (Å²) in [5, 5.41) is 14.8. The number of nitrogens with zero attached hydrogens (tertiary/aromatic N) is 5. The average Bonchev–Trinajstić information content (AvgIpc) is 3.29. The second-order valence-corrected chi connectivity index (χ2v) is 9.45. The van der Waals surface area contributed by atoms with Crippen molar-refractivity contribution in [2.45, 2.75) is 32.6 Å². The highest BCUT2D eigenvalue weighted by Crippen LogP contribution is 2.33. The van der Waals surface area contributed by atoms with Gasteiger partial charge in [-0.2, -0.15) is 5.10 Å².